The lowest BCUT2D eigenvalue weighted by molar-refractivity contribution is -0.247. The number of aliphatic hydroxyl groups is 2. The van der Waals surface area contributed by atoms with Gasteiger partial charge in [0.25, 0.3) is 0 Å². The number of aromatic amines is 1. The number of ketones is 1. The molecule has 3 aliphatic heterocycles. The summed E-state index contributed by atoms with van der Waals surface area (Å²) >= 11 is 0. The van der Waals surface area contributed by atoms with Gasteiger partial charge in [-0.25, -0.2) is 0 Å². The molecule has 4 aliphatic carbocycles. The van der Waals surface area contributed by atoms with Crippen LogP contribution in [-0.4, -0.2) is 55.3 Å². The van der Waals surface area contributed by atoms with Gasteiger partial charge in [0.1, 0.15) is 5.60 Å². The molecule has 3 fully saturated rings. The highest BCUT2D eigenvalue weighted by molar-refractivity contribution is 5.97. The van der Waals surface area contributed by atoms with Crippen molar-refractivity contribution >= 4 is 22.3 Å². The van der Waals surface area contributed by atoms with Gasteiger partial charge in [-0.3, -0.25) is 4.79 Å². The van der Waals surface area contributed by atoms with E-state index in [1.807, 2.05) is 13.8 Å². The first-order valence-corrected chi connectivity index (χ1v) is 16.5. The molecule has 3 N–H and O–H groups in total. The van der Waals surface area contributed by atoms with E-state index < -0.39 is 45.8 Å². The van der Waals surface area contributed by atoms with Crippen LogP contribution in [0, 0.1) is 17.3 Å². The Hall–Kier alpha value is -2.29. The number of aromatic nitrogens is 1. The van der Waals surface area contributed by atoms with Crippen molar-refractivity contribution in [3.05, 3.63) is 52.2 Å². The fourth-order valence-electron chi connectivity index (χ4n) is 11.6. The first-order valence-electron chi connectivity index (χ1n) is 16.5. The molecule has 234 valence electrons. The van der Waals surface area contributed by atoms with Gasteiger partial charge < -0.3 is 29.4 Å². The zero-order chi connectivity index (χ0) is 31.2. The second-order valence-corrected chi connectivity index (χ2v) is 17.0. The Kier molecular flexibility index (Phi) is 4.85. The van der Waals surface area contributed by atoms with E-state index >= 15 is 0 Å². The molecule has 1 spiro atoms. The van der Waals surface area contributed by atoms with E-state index in [0.717, 1.165) is 35.1 Å². The molecule has 44 heavy (non-hydrogen) atoms. The molecule has 2 saturated carbocycles. The van der Waals surface area contributed by atoms with Gasteiger partial charge in [-0.1, -0.05) is 13.8 Å². The van der Waals surface area contributed by atoms with Gasteiger partial charge in [0.15, 0.2) is 17.7 Å². The fraction of sp³-hybridized carbons (Fsp3) is 0.649. The highest BCUT2D eigenvalue weighted by Crippen LogP contribution is 2.72. The first kappa shape index (κ1) is 28.0. The first-order chi connectivity index (χ1) is 20.4. The van der Waals surface area contributed by atoms with Crippen LogP contribution in [-0.2, 0) is 30.8 Å². The van der Waals surface area contributed by atoms with Crippen LogP contribution in [0.2, 0.25) is 0 Å². The van der Waals surface area contributed by atoms with Crippen molar-refractivity contribution in [2.24, 2.45) is 17.3 Å². The number of aliphatic hydroxyl groups excluding tert-OH is 1. The summed E-state index contributed by atoms with van der Waals surface area (Å²) in [5.41, 5.74) is 3.61. The molecule has 9 rings (SSSR count). The standard InChI is InChI=1S/C37H45NO6/c1-31(2)17-23-19-15-24-20(14-21(19)28(40)27(23)32(3,4)43-31)22-13-18-9-10-36(41)26-16-25(39)30-33(5,6)44-37(26,42-30)12-11-34(36,7)35(18,8)29(22)38-24/h14-18,27-28,30,38,40-41H,9-13H2,1-8H3/t18-,27-,28+,30-,34+,35+,36+,37-/m0/s1. The summed E-state index contributed by atoms with van der Waals surface area (Å²) in [5, 5.41) is 25.8. The second-order valence-electron chi connectivity index (χ2n) is 17.0. The summed E-state index contributed by atoms with van der Waals surface area (Å²) in [6.07, 6.45) is 6.24. The van der Waals surface area contributed by atoms with Gasteiger partial charge in [0.05, 0.1) is 22.9 Å². The molecule has 4 heterocycles. The van der Waals surface area contributed by atoms with E-state index in [2.05, 4.69) is 64.7 Å². The molecule has 0 amide bonds. The van der Waals surface area contributed by atoms with Crippen molar-refractivity contribution in [1.82, 2.24) is 4.98 Å². The third-order valence-corrected chi connectivity index (χ3v) is 13.6. The lowest BCUT2D eigenvalue weighted by Crippen LogP contribution is -2.69. The molecule has 1 aromatic heterocycles. The summed E-state index contributed by atoms with van der Waals surface area (Å²) in [6.45, 7) is 16.7. The average Bonchev–Trinajstić information content (AvgIpc) is 3.57. The predicted octanol–water partition coefficient (Wildman–Crippen LogP) is 5.96. The van der Waals surface area contributed by atoms with Crippen LogP contribution in [0.5, 0.6) is 0 Å². The normalized spacial score (nSPS) is 45.1. The number of H-pyrrole nitrogens is 1. The average molecular weight is 600 g/mol. The molecule has 1 saturated heterocycles. The zero-order valence-corrected chi connectivity index (χ0v) is 27.2. The minimum Gasteiger partial charge on any atom is -0.388 e. The largest absolute Gasteiger partial charge is 0.388 e. The van der Waals surface area contributed by atoms with Crippen LogP contribution >= 0.6 is 0 Å². The van der Waals surface area contributed by atoms with E-state index in [1.54, 1.807) is 6.08 Å². The molecule has 2 bridgehead atoms. The fourth-order valence-corrected chi connectivity index (χ4v) is 11.6. The van der Waals surface area contributed by atoms with Gasteiger partial charge in [-0.05, 0) is 120 Å². The van der Waals surface area contributed by atoms with Crippen molar-refractivity contribution in [2.75, 3.05) is 0 Å². The van der Waals surface area contributed by atoms with Crippen molar-refractivity contribution < 1.29 is 29.2 Å². The number of nitrogens with one attached hydrogen (secondary N) is 1. The monoisotopic (exact) mass is 599 g/mol. The van der Waals surface area contributed by atoms with Crippen molar-refractivity contribution in [3.8, 4) is 0 Å². The molecular formula is C37H45NO6. The molecule has 0 unspecified atom stereocenters. The number of ether oxygens (including phenoxy) is 3. The molecular weight excluding hydrogens is 554 g/mol. The molecule has 7 aliphatic rings. The molecule has 7 nitrogen and oxygen atoms in total. The Morgan fingerprint density at radius 1 is 0.955 bits per heavy atom. The van der Waals surface area contributed by atoms with Gasteiger partial charge in [0.2, 0.25) is 0 Å². The number of hydrogen-bond acceptors (Lipinski definition) is 6. The number of carbonyl (C=O) groups excluding carboxylic acids is 1. The van der Waals surface area contributed by atoms with Gasteiger partial charge in [-0.15, -0.1) is 0 Å². The van der Waals surface area contributed by atoms with Crippen LogP contribution in [0.3, 0.4) is 0 Å². The number of benzene rings is 1. The van der Waals surface area contributed by atoms with Gasteiger partial charge >= 0.3 is 0 Å². The number of hydrogen-bond donors (Lipinski definition) is 3. The minimum absolute atomic E-state index is 0.110. The lowest BCUT2D eigenvalue weighted by Gasteiger charge is -2.65. The molecule has 7 heteroatoms. The number of rotatable bonds is 0. The highest BCUT2D eigenvalue weighted by Gasteiger charge is 2.75. The van der Waals surface area contributed by atoms with Crippen LogP contribution < -0.4 is 0 Å². The Morgan fingerprint density at radius 2 is 1.70 bits per heavy atom. The molecule has 8 atom stereocenters. The van der Waals surface area contributed by atoms with E-state index in [1.165, 1.54) is 16.6 Å². The summed E-state index contributed by atoms with van der Waals surface area (Å²) in [7, 11) is 0. The van der Waals surface area contributed by atoms with E-state index in [9.17, 15) is 15.0 Å². The Balaban J connectivity index is 1.19. The summed E-state index contributed by atoms with van der Waals surface area (Å²) < 4.78 is 19.4. The van der Waals surface area contributed by atoms with Crippen LogP contribution in [0.4, 0.5) is 0 Å². The van der Waals surface area contributed by atoms with E-state index in [4.69, 9.17) is 14.2 Å². The van der Waals surface area contributed by atoms with Crippen molar-refractivity contribution in [1.29, 1.82) is 0 Å². The third kappa shape index (κ3) is 2.92. The second kappa shape index (κ2) is 7.63. The topological polar surface area (TPSA) is 101 Å². The van der Waals surface area contributed by atoms with Crippen molar-refractivity contribution in [2.45, 2.75) is 133 Å². The van der Waals surface area contributed by atoms with Crippen LogP contribution in [0.1, 0.15) is 110 Å². The number of carbonyl (C=O) groups is 1. The quantitative estimate of drug-likeness (QED) is 0.346. The molecule has 2 aromatic rings. The number of fused-ring (bicyclic) bond motifs is 12. The highest BCUT2D eigenvalue weighted by atomic mass is 16.8. The SMILES string of the molecule is CC1(C)C=C2c3cc4[nH]c5c(c4cc3[C@@H](O)[C@H]2C(C)(C)O1)C[C@@H]1CC[C@@]2(O)C3=CC(=O)[C@@H]4O[C@@]3(CC[C@]2(C)[C@@]51C)OC4(C)C. The lowest BCUT2D eigenvalue weighted by atomic mass is 9.42. The Labute approximate surface area is 259 Å². The van der Waals surface area contributed by atoms with Gasteiger partial charge in [-0.2, -0.15) is 0 Å². The minimum atomic E-state index is -1.24. The maximum Gasteiger partial charge on any atom is 0.195 e. The summed E-state index contributed by atoms with van der Waals surface area (Å²) in [4.78, 5) is 17.2. The maximum absolute atomic E-state index is 13.3. The van der Waals surface area contributed by atoms with Crippen LogP contribution in [0.15, 0.2) is 29.9 Å². The predicted molar refractivity (Wildman–Crippen MR) is 166 cm³/mol. The maximum atomic E-state index is 13.3. The Morgan fingerprint density at radius 3 is 2.45 bits per heavy atom. The van der Waals surface area contributed by atoms with E-state index in [0.29, 0.717) is 30.8 Å². The van der Waals surface area contributed by atoms with E-state index in [-0.39, 0.29) is 17.1 Å². The Bertz CT molecular complexity index is 1780. The molecule has 1 aromatic carbocycles. The summed E-state index contributed by atoms with van der Waals surface area (Å²) in [6, 6.07) is 4.47. The zero-order valence-electron chi connectivity index (χ0n) is 27.2. The third-order valence-electron chi connectivity index (χ3n) is 13.6. The summed E-state index contributed by atoms with van der Waals surface area (Å²) in [5.74, 6) is -0.933. The van der Waals surface area contributed by atoms with Gasteiger partial charge in [0, 0.05) is 45.3 Å². The van der Waals surface area contributed by atoms with Crippen LogP contribution in [0.25, 0.3) is 16.5 Å². The smallest absolute Gasteiger partial charge is 0.195 e. The molecule has 0 radical (unpaired) electrons. The van der Waals surface area contributed by atoms with Crippen molar-refractivity contribution in [3.63, 3.8) is 0 Å².